The number of hydrogen-bond acceptors (Lipinski definition) is 5. The minimum Gasteiger partial charge on any atom is -0.368 e. The van der Waals surface area contributed by atoms with Gasteiger partial charge >= 0.3 is 0 Å². The second-order valence-electron chi connectivity index (χ2n) is 7.77. The molecule has 3 aliphatic rings. The first kappa shape index (κ1) is 19.2. The van der Waals surface area contributed by atoms with Gasteiger partial charge in [-0.3, -0.25) is 9.59 Å². The lowest BCUT2D eigenvalue weighted by Gasteiger charge is -2.40. The number of benzene rings is 1. The zero-order valence-corrected chi connectivity index (χ0v) is 16.7. The molecule has 0 saturated carbocycles. The number of carbonyl (C=O) groups excluding carboxylic acids is 2. The third kappa shape index (κ3) is 3.48. The third-order valence-electron chi connectivity index (χ3n) is 6.03. The monoisotopic (exact) mass is 406 g/mol. The van der Waals surface area contributed by atoms with Gasteiger partial charge in [0.15, 0.2) is 0 Å². The van der Waals surface area contributed by atoms with Gasteiger partial charge in [0.25, 0.3) is 0 Å². The number of nitrogens with zero attached hydrogens (tertiary/aromatic N) is 2. The van der Waals surface area contributed by atoms with E-state index in [1.807, 2.05) is 6.07 Å². The standard InChI is InChI=1S/C19H26N4O4S/c1-13(23-10-4-7-17(23)24)19(25)22-11-8-14(9-12-22)18-20-15-5-2-3-6-16(15)28(26,27)21-18/h2-3,5-6,13-14,18,20-21H,4,7-12H2,1H3. The summed E-state index contributed by atoms with van der Waals surface area (Å²) < 4.78 is 27.8. The van der Waals surface area contributed by atoms with Crippen LogP contribution in [0.2, 0.25) is 0 Å². The first-order valence-electron chi connectivity index (χ1n) is 9.83. The Morgan fingerprint density at radius 3 is 2.57 bits per heavy atom. The molecule has 2 unspecified atom stereocenters. The van der Waals surface area contributed by atoms with Gasteiger partial charge in [-0.25, -0.2) is 8.42 Å². The number of rotatable bonds is 3. The summed E-state index contributed by atoms with van der Waals surface area (Å²) >= 11 is 0. The summed E-state index contributed by atoms with van der Waals surface area (Å²) in [5.74, 6) is 0.127. The molecule has 152 valence electrons. The highest BCUT2D eigenvalue weighted by Gasteiger charge is 2.37. The van der Waals surface area contributed by atoms with Crippen molar-refractivity contribution in [3.8, 4) is 0 Å². The zero-order chi connectivity index (χ0) is 19.9. The van der Waals surface area contributed by atoms with Gasteiger partial charge in [-0.05, 0) is 44.2 Å². The minimum atomic E-state index is -3.54. The van der Waals surface area contributed by atoms with Crippen molar-refractivity contribution in [1.82, 2.24) is 14.5 Å². The first-order valence-corrected chi connectivity index (χ1v) is 11.3. The van der Waals surface area contributed by atoms with Gasteiger partial charge in [0.05, 0.1) is 11.9 Å². The fraction of sp³-hybridized carbons (Fsp3) is 0.579. The van der Waals surface area contributed by atoms with E-state index in [1.54, 1.807) is 34.9 Å². The van der Waals surface area contributed by atoms with Gasteiger partial charge in [0, 0.05) is 26.1 Å². The molecule has 0 aromatic heterocycles. The Labute approximate surface area is 165 Å². The number of piperidine rings is 1. The number of carbonyl (C=O) groups is 2. The number of sulfonamides is 1. The fourth-order valence-corrected chi connectivity index (χ4v) is 5.78. The molecule has 0 aliphatic carbocycles. The van der Waals surface area contributed by atoms with Gasteiger partial charge in [-0.2, -0.15) is 4.72 Å². The van der Waals surface area contributed by atoms with Crippen molar-refractivity contribution >= 4 is 27.5 Å². The lowest BCUT2D eigenvalue weighted by Crippen LogP contribution is -2.54. The molecular weight excluding hydrogens is 380 g/mol. The smallest absolute Gasteiger partial charge is 0.245 e. The topological polar surface area (TPSA) is 98.8 Å². The van der Waals surface area contributed by atoms with Gasteiger partial charge in [0.1, 0.15) is 10.9 Å². The number of anilines is 1. The maximum Gasteiger partial charge on any atom is 0.245 e. The van der Waals surface area contributed by atoms with E-state index in [4.69, 9.17) is 0 Å². The van der Waals surface area contributed by atoms with Crippen molar-refractivity contribution in [3.05, 3.63) is 24.3 Å². The van der Waals surface area contributed by atoms with E-state index in [1.165, 1.54) is 0 Å². The van der Waals surface area contributed by atoms with E-state index >= 15 is 0 Å². The zero-order valence-electron chi connectivity index (χ0n) is 15.9. The van der Waals surface area contributed by atoms with E-state index in [9.17, 15) is 18.0 Å². The lowest BCUT2D eigenvalue weighted by atomic mass is 9.93. The van der Waals surface area contributed by atoms with Crippen LogP contribution in [-0.2, 0) is 19.6 Å². The molecule has 2 N–H and O–H groups in total. The number of hydrogen-bond donors (Lipinski definition) is 2. The van der Waals surface area contributed by atoms with Crippen LogP contribution in [0, 0.1) is 5.92 Å². The van der Waals surface area contributed by atoms with Crippen LogP contribution in [0.1, 0.15) is 32.6 Å². The van der Waals surface area contributed by atoms with Crippen LogP contribution in [0.4, 0.5) is 5.69 Å². The van der Waals surface area contributed by atoms with Crippen molar-refractivity contribution in [2.75, 3.05) is 25.0 Å². The number of likely N-dealkylation sites (tertiary alicyclic amines) is 2. The number of fused-ring (bicyclic) bond motifs is 1. The third-order valence-corrected chi connectivity index (χ3v) is 7.53. The van der Waals surface area contributed by atoms with Crippen LogP contribution in [0.3, 0.4) is 0 Å². The van der Waals surface area contributed by atoms with E-state index < -0.39 is 16.1 Å². The Kier molecular flexibility index (Phi) is 5.05. The highest BCUT2D eigenvalue weighted by molar-refractivity contribution is 7.89. The number of nitrogens with one attached hydrogen (secondary N) is 2. The molecule has 8 nitrogen and oxygen atoms in total. The highest BCUT2D eigenvalue weighted by Crippen LogP contribution is 2.31. The van der Waals surface area contributed by atoms with Crippen LogP contribution in [0.25, 0.3) is 0 Å². The van der Waals surface area contributed by atoms with Gasteiger partial charge in [0.2, 0.25) is 21.8 Å². The highest BCUT2D eigenvalue weighted by atomic mass is 32.2. The Morgan fingerprint density at radius 1 is 1.18 bits per heavy atom. The SMILES string of the molecule is CC(C(=O)N1CCC(C2Nc3ccccc3S(=O)(=O)N2)CC1)N1CCCC1=O. The van der Waals surface area contributed by atoms with Crippen LogP contribution in [-0.4, -0.2) is 61.9 Å². The van der Waals surface area contributed by atoms with Gasteiger partial charge in [-0.15, -0.1) is 0 Å². The Hall–Kier alpha value is -2.13. The summed E-state index contributed by atoms with van der Waals surface area (Å²) in [6.07, 6.45) is 2.36. The van der Waals surface area contributed by atoms with Crippen molar-refractivity contribution in [2.45, 2.75) is 49.7 Å². The maximum absolute atomic E-state index is 12.8. The molecule has 1 aromatic rings. The molecule has 2 amide bonds. The van der Waals surface area contributed by atoms with E-state index in [0.717, 1.165) is 6.42 Å². The molecule has 4 rings (SSSR count). The molecular formula is C19H26N4O4S. The number of amides is 2. The van der Waals surface area contributed by atoms with Gasteiger partial charge < -0.3 is 15.1 Å². The molecule has 2 fully saturated rings. The summed E-state index contributed by atoms with van der Waals surface area (Å²) in [4.78, 5) is 28.4. The molecule has 2 atom stereocenters. The summed E-state index contributed by atoms with van der Waals surface area (Å²) in [5, 5.41) is 3.29. The average Bonchev–Trinajstić information content (AvgIpc) is 3.12. The minimum absolute atomic E-state index is 0.0174. The molecule has 3 heterocycles. The van der Waals surface area contributed by atoms with E-state index in [-0.39, 0.29) is 28.8 Å². The number of para-hydroxylation sites is 1. The van der Waals surface area contributed by atoms with Crippen LogP contribution in [0.5, 0.6) is 0 Å². The van der Waals surface area contributed by atoms with Gasteiger partial charge in [-0.1, -0.05) is 12.1 Å². The molecule has 0 spiro atoms. The normalized spacial score (nSPS) is 25.9. The van der Waals surface area contributed by atoms with Crippen molar-refractivity contribution in [3.63, 3.8) is 0 Å². The molecule has 3 aliphatic heterocycles. The second-order valence-corrected chi connectivity index (χ2v) is 9.45. The molecule has 0 radical (unpaired) electrons. The lowest BCUT2D eigenvalue weighted by molar-refractivity contribution is -0.143. The first-order chi connectivity index (χ1) is 13.4. The van der Waals surface area contributed by atoms with E-state index in [0.29, 0.717) is 44.6 Å². The van der Waals surface area contributed by atoms with Crippen molar-refractivity contribution in [1.29, 1.82) is 0 Å². The van der Waals surface area contributed by atoms with Crippen LogP contribution in [0.15, 0.2) is 29.2 Å². The Bertz CT molecular complexity index is 880. The predicted molar refractivity (Wildman–Crippen MR) is 104 cm³/mol. The fourth-order valence-electron chi connectivity index (χ4n) is 4.39. The summed E-state index contributed by atoms with van der Waals surface area (Å²) in [6.45, 7) is 3.58. The second kappa shape index (κ2) is 7.36. The van der Waals surface area contributed by atoms with E-state index in [2.05, 4.69) is 10.0 Å². The van der Waals surface area contributed by atoms with Crippen molar-refractivity contribution < 1.29 is 18.0 Å². The predicted octanol–water partition coefficient (Wildman–Crippen LogP) is 0.966. The Balaban J connectivity index is 1.38. The maximum atomic E-state index is 12.8. The molecule has 1 aromatic carbocycles. The van der Waals surface area contributed by atoms with Crippen LogP contribution >= 0.6 is 0 Å². The summed E-state index contributed by atoms with van der Waals surface area (Å²) in [6, 6.07) is 6.45. The van der Waals surface area contributed by atoms with Crippen molar-refractivity contribution in [2.24, 2.45) is 5.92 Å². The quantitative estimate of drug-likeness (QED) is 0.779. The Morgan fingerprint density at radius 2 is 1.89 bits per heavy atom. The molecule has 2 saturated heterocycles. The molecule has 28 heavy (non-hydrogen) atoms. The summed E-state index contributed by atoms with van der Waals surface area (Å²) in [5.41, 5.74) is 0.617. The summed E-state index contributed by atoms with van der Waals surface area (Å²) in [7, 11) is -3.54. The average molecular weight is 407 g/mol. The molecule has 0 bridgehead atoms. The molecule has 9 heteroatoms. The van der Waals surface area contributed by atoms with Crippen LogP contribution < -0.4 is 10.0 Å². The largest absolute Gasteiger partial charge is 0.368 e.